The van der Waals surface area contributed by atoms with Gasteiger partial charge in [-0.15, -0.1) is 6.07 Å². The SMILES string of the molecule is [CH2-]CCCCN1/C(=C/C=C2\CCCC(/C=C/C3=[N+](CCCCS(=O)(=O)[O-])c4cc[c-]cc4C3(C)C)=C2Oc2ccc(S(=O)(=O)[O-])cc2)C(C)(C)c2cc(S(=O)(=O)[O-])ccc21.[Na+].[Na+].[Na+].[Na+]. The van der Waals surface area contributed by atoms with Crippen LogP contribution in [0.3, 0.4) is 0 Å². The molecule has 64 heavy (non-hydrogen) atoms. The number of nitrogens with zero attached hydrogens (tertiary/aromatic N) is 2. The first-order chi connectivity index (χ1) is 28.1. The van der Waals surface area contributed by atoms with Gasteiger partial charge in [0.2, 0.25) is 0 Å². The Morgan fingerprint density at radius 1 is 0.781 bits per heavy atom. The minimum atomic E-state index is -4.69. The van der Waals surface area contributed by atoms with Gasteiger partial charge in [-0.25, -0.2) is 29.8 Å². The molecule has 12 nitrogen and oxygen atoms in total. The Hall–Kier alpha value is -0.380. The van der Waals surface area contributed by atoms with Gasteiger partial charge in [0.05, 0.1) is 19.9 Å². The fourth-order valence-corrected chi connectivity index (χ4v) is 9.88. The van der Waals surface area contributed by atoms with Gasteiger partial charge in [-0.05, 0) is 103 Å². The number of ether oxygens (including phenoxy) is 1. The summed E-state index contributed by atoms with van der Waals surface area (Å²) in [6.45, 7) is 13.3. The third kappa shape index (κ3) is 14.1. The minimum absolute atomic E-state index is 0. The van der Waals surface area contributed by atoms with Crippen LogP contribution < -0.4 is 128 Å². The van der Waals surface area contributed by atoms with Gasteiger partial charge in [-0.1, -0.05) is 45.8 Å². The third-order valence-corrected chi connectivity index (χ3v) is 14.0. The Kier molecular flexibility index (Phi) is 22.8. The maximum atomic E-state index is 12.1. The number of benzene rings is 3. The molecule has 0 spiro atoms. The standard InChI is InChI=1S/C45H53N2O10S3.4Na/c1-6-7-10-28-47-40-25-24-36(60(54,55)56)31-38(40)45(4,5)42(47)27-19-33-15-13-14-32(43(33)57-34-20-22-35(23-21-34)59(51,52)53)18-26-41-44(2,3)37-16-8-9-17-39(37)46(41)29-11-12-30-58(48,49)50;;;;/h9,16-27,31H,1,6-7,10-15,28-30H2,2-5H3,(H,48,49,50)(H,51,52,53)(H,54,55,56);;;;/q-1;4*+1/p-3. The molecule has 3 aliphatic rings. The molecule has 0 radical (unpaired) electrons. The fourth-order valence-electron chi connectivity index (χ4n) is 8.35. The molecule has 3 aromatic rings. The summed E-state index contributed by atoms with van der Waals surface area (Å²) >= 11 is 0. The zero-order valence-corrected chi connectivity index (χ0v) is 48.7. The number of anilines is 1. The van der Waals surface area contributed by atoms with Crippen molar-refractivity contribution < 1.29 is 166 Å². The van der Waals surface area contributed by atoms with Crippen LogP contribution in [0, 0.1) is 13.0 Å². The van der Waals surface area contributed by atoms with Crippen LogP contribution in [0.1, 0.15) is 90.2 Å². The molecule has 0 fully saturated rings. The van der Waals surface area contributed by atoms with Crippen LogP contribution in [-0.2, 0) is 41.2 Å². The summed E-state index contributed by atoms with van der Waals surface area (Å²) in [5.74, 6) is 0.439. The molecule has 0 amide bonds. The van der Waals surface area contributed by atoms with Gasteiger partial charge in [0.1, 0.15) is 44.0 Å². The molecule has 2 aliphatic heterocycles. The van der Waals surface area contributed by atoms with Gasteiger partial charge in [0.25, 0.3) is 0 Å². The molecule has 0 saturated heterocycles. The van der Waals surface area contributed by atoms with Gasteiger partial charge in [0, 0.05) is 47.0 Å². The first-order valence-electron chi connectivity index (χ1n) is 20.0. The van der Waals surface area contributed by atoms with Crippen molar-refractivity contribution in [1.29, 1.82) is 0 Å². The molecule has 0 bridgehead atoms. The molecule has 2 heterocycles. The van der Waals surface area contributed by atoms with Crippen LogP contribution in [0.5, 0.6) is 5.75 Å². The Bertz CT molecular complexity index is 2660. The first kappa shape index (κ1) is 59.7. The van der Waals surface area contributed by atoms with E-state index in [0.29, 0.717) is 43.9 Å². The smallest absolute Gasteiger partial charge is 0.748 e. The normalized spacial score (nSPS) is 18.0. The summed E-state index contributed by atoms with van der Waals surface area (Å²) in [6.07, 6.45) is 13.3. The van der Waals surface area contributed by atoms with E-state index in [0.717, 1.165) is 70.7 Å². The number of hydrogen-bond acceptors (Lipinski definition) is 11. The van der Waals surface area contributed by atoms with E-state index in [1.807, 2.05) is 56.4 Å². The van der Waals surface area contributed by atoms with Crippen LogP contribution in [0.25, 0.3) is 0 Å². The van der Waals surface area contributed by atoms with Crippen molar-refractivity contribution in [2.75, 3.05) is 23.7 Å². The van der Waals surface area contributed by atoms with E-state index in [-0.39, 0.29) is 134 Å². The predicted octanol–water partition coefficient (Wildman–Crippen LogP) is -4.30. The van der Waals surface area contributed by atoms with Gasteiger partial charge in [-0.2, -0.15) is 24.6 Å². The predicted molar refractivity (Wildman–Crippen MR) is 227 cm³/mol. The molecular weight excluding hydrogens is 917 g/mol. The summed E-state index contributed by atoms with van der Waals surface area (Å²) < 4.78 is 114. The van der Waals surface area contributed by atoms with Crippen LogP contribution in [0.2, 0.25) is 0 Å². The molecule has 19 heteroatoms. The van der Waals surface area contributed by atoms with Crippen LogP contribution in [0.4, 0.5) is 11.4 Å². The van der Waals surface area contributed by atoms with Gasteiger partial charge < -0.3 is 30.2 Å². The van der Waals surface area contributed by atoms with E-state index in [4.69, 9.17) is 4.74 Å². The van der Waals surface area contributed by atoms with Gasteiger partial charge >= 0.3 is 118 Å². The summed E-state index contributed by atoms with van der Waals surface area (Å²) in [6, 6.07) is 18.8. The number of hydrogen-bond donors (Lipinski definition) is 0. The Morgan fingerprint density at radius 2 is 1.44 bits per heavy atom. The second-order valence-corrected chi connectivity index (χ2v) is 20.6. The second kappa shape index (κ2) is 24.4. The zero-order valence-electron chi connectivity index (χ0n) is 38.3. The summed E-state index contributed by atoms with van der Waals surface area (Å²) in [7, 11) is -13.7. The number of allylic oxidation sites excluding steroid dienone is 7. The van der Waals surface area contributed by atoms with Crippen molar-refractivity contribution in [1.82, 2.24) is 0 Å². The van der Waals surface area contributed by atoms with E-state index < -0.39 is 46.9 Å². The summed E-state index contributed by atoms with van der Waals surface area (Å²) in [4.78, 5) is 1.49. The molecule has 6 rings (SSSR count). The van der Waals surface area contributed by atoms with Crippen LogP contribution in [0.15, 0.2) is 117 Å². The molecule has 0 unspecified atom stereocenters. The van der Waals surface area contributed by atoms with Crippen LogP contribution >= 0.6 is 0 Å². The largest absolute Gasteiger partial charge is 1.00 e. The van der Waals surface area contributed by atoms with Gasteiger partial charge in [-0.3, -0.25) is 0 Å². The Morgan fingerprint density at radius 3 is 2.06 bits per heavy atom. The van der Waals surface area contributed by atoms with E-state index in [2.05, 4.69) is 36.3 Å². The average molecular weight is 967 g/mol. The van der Waals surface area contributed by atoms with E-state index >= 15 is 0 Å². The maximum absolute atomic E-state index is 12.1. The molecule has 322 valence electrons. The molecular formula is C45H50N2Na4O10S3. The van der Waals surface area contributed by atoms with Crippen molar-refractivity contribution in [3.05, 3.63) is 132 Å². The molecule has 0 N–H and O–H groups in total. The fraction of sp³-hybridized carbons (Fsp3) is 0.378. The van der Waals surface area contributed by atoms with Crippen molar-refractivity contribution in [3.63, 3.8) is 0 Å². The van der Waals surface area contributed by atoms with Crippen molar-refractivity contribution >= 4 is 47.4 Å². The summed E-state index contributed by atoms with van der Waals surface area (Å²) in [5, 5.41) is 0. The van der Waals surface area contributed by atoms with Gasteiger partial charge in [0.15, 0.2) is 5.71 Å². The van der Waals surface area contributed by atoms with E-state index in [9.17, 15) is 38.9 Å². The monoisotopic (exact) mass is 966 g/mol. The first-order valence-corrected chi connectivity index (χ1v) is 24.4. The number of rotatable bonds is 16. The molecule has 1 aliphatic carbocycles. The number of unbranched alkanes of at least 4 members (excludes halogenated alkanes) is 3. The third-order valence-electron chi connectivity index (χ3n) is 11.5. The summed E-state index contributed by atoms with van der Waals surface area (Å²) in [5.41, 5.74) is 6.00. The van der Waals surface area contributed by atoms with E-state index in [1.54, 1.807) is 6.07 Å². The Balaban J connectivity index is 0.00000352. The average Bonchev–Trinajstić information content (AvgIpc) is 3.52. The number of fused-ring (bicyclic) bond motifs is 2. The molecule has 0 atom stereocenters. The van der Waals surface area contributed by atoms with Crippen molar-refractivity contribution in [3.8, 4) is 5.75 Å². The maximum Gasteiger partial charge on any atom is 1.00 e. The minimum Gasteiger partial charge on any atom is -0.748 e. The van der Waals surface area contributed by atoms with Crippen molar-refractivity contribution in [2.24, 2.45) is 0 Å². The quantitative estimate of drug-likeness (QED) is 0.0445. The second-order valence-electron chi connectivity index (χ2n) is 16.4. The molecule has 0 aromatic heterocycles. The zero-order chi connectivity index (χ0) is 43.7. The van der Waals surface area contributed by atoms with Crippen molar-refractivity contribution in [2.45, 2.75) is 99.7 Å². The molecule has 3 aromatic carbocycles. The Labute approximate surface area is 468 Å². The molecule has 0 saturated carbocycles. The topological polar surface area (TPSA) is 187 Å². The van der Waals surface area contributed by atoms with Crippen LogP contribution in [-0.4, -0.2) is 68.0 Å². The van der Waals surface area contributed by atoms with E-state index in [1.165, 1.54) is 36.4 Å².